The van der Waals surface area contributed by atoms with Crippen LogP contribution in [0.25, 0.3) is 0 Å². The predicted octanol–water partition coefficient (Wildman–Crippen LogP) is -2.09. The van der Waals surface area contributed by atoms with Crippen LogP contribution >= 0.6 is 0 Å². The molecule has 186 valence electrons. The quantitative estimate of drug-likeness (QED) is 0.346. The molecule has 0 saturated carbocycles. The Morgan fingerprint density at radius 1 is 1.05 bits per heavy atom. The van der Waals surface area contributed by atoms with Gasteiger partial charge in [0.1, 0.15) is 37.2 Å². The van der Waals surface area contributed by atoms with Crippen LogP contribution in [0.3, 0.4) is 0 Å². The summed E-state index contributed by atoms with van der Waals surface area (Å²) in [5.74, 6) is -2.28. The van der Waals surface area contributed by atoms with Gasteiger partial charge in [0, 0.05) is 56.0 Å². The number of fused-ring (bicyclic) bond motifs is 1. The normalized spacial score (nSPS) is 21.9. The molecule has 3 aliphatic heterocycles. The van der Waals surface area contributed by atoms with E-state index in [4.69, 9.17) is 36.1 Å². The standard InChI is InChI=1S/C25H23B4FN4O4/c26-19-14(22(30)21(28)20(27)16(19)11-33-6-8-38-9-7-33)10-31-17-3-1-2-13-15(17)12-34(23(13)36)25(29)5-4-18(35)32-24(25)37/h1-3,31H,4-12H2,(H,32,35,37). The van der Waals surface area contributed by atoms with Crippen molar-refractivity contribution in [2.75, 3.05) is 31.6 Å². The average molecular weight is 506 g/mol. The minimum atomic E-state index is -1.66. The fourth-order valence-electron chi connectivity index (χ4n) is 5.19. The molecule has 1 unspecified atom stereocenters. The van der Waals surface area contributed by atoms with Crippen LogP contribution in [-0.2, 0) is 34.0 Å². The molecule has 5 rings (SSSR count). The summed E-state index contributed by atoms with van der Waals surface area (Å²) in [5, 5.41) is 5.38. The molecule has 3 amide bonds. The van der Waals surface area contributed by atoms with Crippen LogP contribution in [0.15, 0.2) is 18.2 Å². The molecule has 38 heavy (non-hydrogen) atoms. The number of piperidine rings is 1. The lowest BCUT2D eigenvalue weighted by Crippen LogP contribution is -2.63. The van der Waals surface area contributed by atoms with Crippen LogP contribution in [0.1, 0.15) is 39.9 Å². The number of hydrogen-bond donors (Lipinski definition) is 2. The second-order valence-electron chi connectivity index (χ2n) is 9.78. The van der Waals surface area contributed by atoms with Gasteiger partial charge in [-0.25, -0.2) is 4.39 Å². The zero-order valence-electron chi connectivity index (χ0n) is 20.8. The summed E-state index contributed by atoms with van der Waals surface area (Å²) in [6, 6.07) is 5.05. The molecule has 3 heterocycles. The summed E-state index contributed by atoms with van der Waals surface area (Å²) in [7, 11) is 24.9. The van der Waals surface area contributed by atoms with Crippen molar-refractivity contribution in [3.05, 3.63) is 46.3 Å². The van der Waals surface area contributed by atoms with Crippen molar-refractivity contribution in [1.82, 2.24) is 15.1 Å². The van der Waals surface area contributed by atoms with E-state index in [1.165, 1.54) is 4.90 Å². The molecule has 2 aromatic rings. The van der Waals surface area contributed by atoms with Gasteiger partial charge < -0.3 is 15.0 Å². The number of carbonyl (C=O) groups is 3. The minimum absolute atomic E-state index is 0.0124. The fraction of sp³-hybridized carbons (Fsp3) is 0.400. The Balaban J connectivity index is 1.40. The van der Waals surface area contributed by atoms with Crippen LogP contribution in [0.4, 0.5) is 10.1 Å². The number of rotatable bonds is 6. The van der Waals surface area contributed by atoms with Crippen molar-refractivity contribution in [2.45, 2.75) is 37.9 Å². The molecule has 3 aliphatic rings. The number of nitrogens with zero attached hydrogens (tertiary/aromatic N) is 2. The molecule has 1 atom stereocenters. The van der Waals surface area contributed by atoms with Crippen LogP contribution in [-0.4, -0.2) is 90.6 Å². The van der Waals surface area contributed by atoms with E-state index in [1.54, 1.807) is 18.2 Å². The number of hydrogen-bond acceptors (Lipinski definition) is 6. The largest absolute Gasteiger partial charge is 0.381 e. The topological polar surface area (TPSA) is 91.0 Å². The molecule has 2 saturated heterocycles. The van der Waals surface area contributed by atoms with Crippen LogP contribution < -0.4 is 27.0 Å². The van der Waals surface area contributed by atoms with Gasteiger partial charge >= 0.3 is 0 Å². The van der Waals surface area contributed by atoms with Crippen LogP contribution in [0, 0.1) is 5.82 Å². The molecule has 0 bridgehead atoms. The molecule has 2 fully saturated rings. The van der Waals surface area contributed by atoms with Gasteiger partial charge in [-0.05, 0) is 29.7 Å². The van der Waals surface area contributed by atoms with Gasteiger partial charge in [-0.1, -0.05) is 22.5 Å². The Labute approximate surface area is 225 Å². The van der Waals surface area contributed by atoms with Crippen LogP contribution in [0.2, 0.25) is 0 Å². The third kappa shape index (κ3) is 4.56. The third-order valence-electron chi connectivity index (χ3n) is 7.54. The van der Waals surface area contributed by atoms with E-state index in [0.717, 1.165) is 0 Å². The van der Waals surface area contributed by atoms with E-state index < -0.39 is 29.0 Å². The highest BCUT2D eigenvalue weighted by Crippen LogP contribution is 2.36. The second-order valence-corrected chi connectivity index (χ2v) is 9.78. The lowest BCUT2D eigenvalue weighted by molar-refractivity contribution is -0.138. The van der Waals surface area contributed by atoms with E-state index in [2.05, 4.69) is 15.5 Å². The monoisotopic (exact) mass is 506 g/mol. The van der Waals surface area contributed by atoms with E-state index in [1.807, 2.05) is 0 Å². The van der Waals surface area contributed by atoms with E-state index in [0.29, 0.717) is 55.2 Å². The van der Waals surface area contributed by atoms with Gasteiger partial charge in [-0.3, -0.25) is 24.6 Å². The minimum Gasteiger partial charge on any atom is -0.381 e. The van der Waals surface area contributed by atoms with Crippen molar-refractivity contribution in [3.63, 3.8) is 0 Å². The maximum absolute atomic E-state index is 15.2. The van der Waals surface area contributed by atoms with Gasteiger partial charge in [0.25, 0.3) is 5.91 Å². The molecule has 0 spiro atoms. The van der Waals surface area contributed by atoms with Gasteiger partial charge in [-0.2, -0.15) is 0 Å². The maximum Gasteiger partial charge on any atom is 0.254 e. The highest BCUT2D eigenvalue weighted by Gasteiger charge is 2.48. The number of anilines is 1. The van der Waals surface area contributed by atoms with E-state index in [-0.39, 0.29) is 47.9 Å². The Kier molecular flexibility index (Phi) is 7.17. The average Bonchev–Trinajstić information content (AvgIpc) is 3.26. The Hall–Kier alpha value is -3.04. The number of carbonyl (C=O) groups excluding carboxylic acids is 3. The van der Waals surface area contributed by atoms with Gasteiger partial charge in [0.2, 0.25) is 11.8 Å². The van der Waals surface area contributed by atoms with E-state index in [9.17, 15) is 14.4 Å². The first-order valence-corrected chi connectivity index (χ1v) is 12.4. The Bertz CT molecular complexity index is 1340. The number of imide groups is 1. The summed E-state index contributed by atoms with van der Waals surface area (Å²) >= 11 is 0. The molecular formula is C25H23B4FN4O4. The van der Waals surface area contributed by atoms with Crippen molar-refractivity contribution < 1.29 is 23.5 Å². The summed E-state index contributed by atoms with van der Waals surface area (Å²) in [6.07, 6.45) is 0.0376. The van der Waals surface area contributed by atoms with Crippen molar-refractivity contribution in [3.8, 4) is 0 Å². The second kappa shape index (κ2) is 10.3. The van der Waals surface area contributed by atoms with Crippen LogP contribution in [0.5, 0.6) is 0 Å². The lowest BCUT2D eigenvalue weighted by Gasteiger charge is -2.40. The molecule has 0 aromatic heterocycles. The first kappa shape index (κ1) is 26.6. The Morgan fingerprint density at radius 3 is 2.50 bits per heavy atom. The maximum atomic E-state index is 15.2. The molecule has 8 radical (unpaired) electrons. The predicted molar refractivity (Wildman–Crippen MR) is 143 cm³/mol. The molecular weight excluding hydrogens is 483 g/mol. The summed E-state index contributed by atoms with van der Waals surface area (Å²) in [5.41, 5.74) is 0.755. The fourth-order valence-corrected chi connectivity index (χ4v) is 5.19. The summed E-state index contributed by atoms with van der Waals surface area (Å²) < 4.78 is 20.6. The SMILES string of the molecule is [B]c1c([B])c(CN2CCOCC2)c([B])c(CNc2cccc3c2CN(C2([B])CCC(=O)NC2=O)C3=O)c1F. The zero-order valence-corrected chi connectivity index (χ0v) is 20.8. The van der Waals surface area contributed by atoms with E-state index >= 15 is 4.39 Å². The zero-order chi connectivity index (χ0) is 27.2. The number of morpholine rings is 1. The molecule has 13 heteroatoms. The lowest BCUT2D eigenvalue weighted by atomic mass is 9.70. The molecule has 2 aromatic carbocycles. The van der Waals surface area contributed by atoms with Crippen molar-refractivity contribution >= 4 is 71.2 Å². The van der Waals surface area contributed by atoms with Gasteiger partial charge in [-0.15, -0.1) is 0 Å². The number of benzene rings is 2. The molecule has 8 nitrogen and oxygen atoms in total. The summed E-state index contributed by atoms with van der Waals surface area (Å²) in [4.78, 5) is 40.8. The third-order valence-corrected chi connectivity index (χ3v) is 7.54. The first-order chi connectivity index (χ1) is 18.1. The first-order valence-electron chi connectivity index (χ1n) is 12.4. The molecule has 2 N–H and O–H groups in total. The van der Waals surface area contributed by atoms with Crippen molar-refractivity contribution in [1.29, 1.82) is 0 Å². The number of halogens is 1. The Morgan fingerprint density at radius 2 is 1.79 bits per heavy atom. The smallest absolute Gasteiger partial charge is 0.254 e. The summed E-state index contributed by atoms with van der Waals surface area (Å²) in [6.45, 7) is 2.99. The number of nitrogens with one attached hydrogen (secondary N) is 2. The highest BCUT2D eigenvalue weighted by molar-refractivity contribution is 6.51. The van der Waals surface area contributed by atoms with Gasteiger partial charge in [0.05, 0.1) is 18.7 Å². The van der Waals surface area contributed by atoms with Crippen molar-refractivity contribution in [2.24, 2.45) is 0 Å². The van der Waals surface area contributed by atoms with Gasteiger partial charge in [0.15, 0.2) is 0 Å². The molecule has 0 aliphatic carbocycles. The number of ether oxygens (including phenoxy) is 1. The highest BCUT2D eigenvalue weighted by atomic mass is 19.1. The number of amides is 3.